The van der Waals surface area contributed by atoms with E-state index in [1.165, 1.54) is 14.2 Å². The third-order valence-corrected chi connectivity index (χ3v) is 4.03. The van der Waals surface area contributed by atoms with Gasteiger partial charge in [-0.15, -0.1) is 0 Å². The Bertz CT molecular complexity index is 879. The molecule has 2 N–H and O–H groups in total. The minimum atomic E-state index is -0.916. The molecule has 0 aliphatic carbocycles. The number of nitrogens with zero attached hydrogens (tertiary/aromatic N) is 1. The fraction of sp³-hybridized carbons (Fsp3) is 0.350. The Morgan fingerprint density at radius 1 is 1.25 bits per heavy atom. The summed E-state index contributed by atoms with van der Waals surface area (Å²) in [5.74, 6) is -2.04. The number of benzene rings is 1. The first-order chi connectivity index (χ1) is 13.3. The molecular formula is C20H22N2O6. The van der Waals surface area contributed by atoms with Crippen LogP contribution in [0.5, 0.6) is 5.75 Å². The summed E-state index contributed by atoms with van der Waals surface area (Å²) >= 11 is 0. The van der Waals surface area contributed by atoms with Crippen LogP contribution in [0.2, 0.25) is 0 Å². The number of para-hydroxylation sites is 1. The van der Waals surface area contributed by atoms with E-state index in [-0.39, 0.29) is 35.3 Å². The molecule has 28 heavy (non-hydrogen) atoms. The van der Waals surface area contributed by atoms with Crippen molar-refractivity contribution in [1.82, 2.24) is 0 Å². The summed E-state index contributed by atoms with van der Waals surface area (Å²) in [7, 11) is 2.42. The number of hydrogen-bond donors (Lipinski definition) is 1. The molecule has 1 aliphatic heterocycles. The maximum Gasteiger partial charge on any atom is 0.338 e. The van der Waals surface area contributed by atoms with Gasteiger partial charge in [-0.2, -0.15) is 5.26 Å². The summed E-state index contributed by atoms with van der Waals surface area (Å²) in [6, 6.07) is 8.96. The lowest BCUT2D eigenvalue weighted by Crippen LogP contribution is -2.27. The zero-order valence-corrected chi connectivity index (χ0v) is 16.1. The lowest BCUT2D eigenvalue weighted by atomic mass is 9.82. The van der Waals surface area contributed by atoms with E-state index in [0.29, 0.717) is 11.3 Å². The van der Waals surface area contributed by atoms with E-state index in [0.717, 1.165) is 0 Å². The van der Waals surface area contributed by atoms with Crippen molar-refractivity contribution in [3.8, 4) is 11.8 Å². The summed E-state index contributed by atoms with van der Waals surface area (Å²) < 4.78 is 20.9. The van der Waals surface area contributed by atoms with Gasteiger partial charge in [0.05, 0.1) is 31.8 Å². The zero-order chi connectivity index (χ0) is 20.8. The van der Waals surface area contributed by atoms with Gasteiger partial charge in [0.15, 0.2) is 0 Å². The number of methoxy groups -OCH3 is 2. The van der Waals surface area contributed by atoms with E-state index in [1.807, 2.05) is 19.9 Å². The second kappa shape index (κ2) is 8.95. The molecule has 1 aliphatic rings. The number of allylic oxidation sites excluding steroid dienone is 1. The minimum Gasteiger partial charge on any atom is -0.491 e. The SMILES string of the molecule is COC(=O)CC1=C(C(=O)OC)C(c2ccccc2OC(C)C)C(C#N)=C(N)O1. The van der Waals surface area contributed by atoms with Gasteiger partial charge in [-0.05, 0) is 19.9 Å². The predicted octanol–water partition coefficient (Wildman–Crippen LogP) is 2.27. The van der Waals surface area contributed by atoms with E-state index in [9.17, 15) is 14.9 Å². The molecule has 0 spiro atoms. The van der Waals surface area contributed by atoms with Gasteiger partial charge in [0, 0.05) is 5.56 Å². The fourth-order valence-corrected chi connectivity index (χ4v) is 2.88. The van der Waals surface area contributed by atoms with Crippen molar-refractivity contribution >= 4 is 11.9 Å². The average Bonchev–Trinajstić information content (AvgIpc) is 2.66. The smallest absolute Gasteiger partial charge is 0.338 e. The average molecular weight is 386 g/mol. The lowest BCUT2D eigenvalue weighted by Gasteiger charge is -2.29. The van der Waals surface area contributed by atoms with Gasteiger partial charge in [-0.3, -0.25) is 4.79 Å². The molecular weight excluding hydrogens is 364 g/mol. The third kappa shape index (κ3) is 4.26. The Kier molecular flexibility index (Phi) is 6.66. The summed E-state index contributed by atoms with van der Waals surface area (Å²) in [6.07, 6.45) is -0.489. The Labute approximate surface area is 163 Å². The van der Waals surface area contributed by atoms with Crippen LogP contribution in [0.4, 0.5) is 0 Å². The summed E-state index contributed by atoms with van der Waals surface area (Å²) in [6.45, 7) is 3.71. The molecule has 1 aromatic carbocycles. The minimum absolute atomic E-state index is 0.00143. The monoisotopic (exact) mass is 386 g/mol. The molecule has 0 amide bonds. The number of carbonyl (C=O) groups is 2. The van der Waals surface area contributed by atoms with Crippen molar-refractivity contribution in [1.29, 1.82) is 5.26 Å². The van der Waals surface area contributed by atoms with Crippen LogP contribution in [-0.4, -0.2) is 32.3 Å². The van der Waals surface area contributed by atoms with Gasteiger partial charge in [0.1, 0.15) is 29.6 Å². The van der Waals surface area contributed by atoms with Crippen molar-refractivity contribution in [2.24, 2.45) is 5.73 Å². The van der Waals surface area contributed by atoms with E-state index < -0.39 is 17.9 Å². The van der Waals surface area contributed by atoms with Crippen LogP contribution in [0.15, 0.2) is 47.1 Å². The maximum absolute atomic E-state index is 12.6. The molecule has 148 valence electrons. The second-order valence-corrected chi connectivity index (χ2v) is 6.21. The fourth-order valence-electron chi connectivity index (χ4n) is 2.88. The van der Waals surface area contributed by atoms with Crippen molar-refractivity contribution < 1.29 is 28.5 Å². The highest BCUT2D eigenvalue weighted by Crippen LogP contribution is 2.43. The molecule has 8 nitrogen and oxygen atoms in total. The van der Waals surface area contributed by atoms with Crippen LogP contribution >= 0.6 is 0 Å². The standard InChI is InChI=1S/C20H22N2O6/c1-11(2)27-14-8-6-5-7-12(14)17-13(10-21)19(22)28-15(9-16(23)25-3)18(17)20(24)26-4/h5-8,11,17H,9,22H2,1-4H3. The second-order valence-electron chi connectivity index (χ2n) is 6.21. The van der Waals surface area contributed by atoms with Crippen LogP contribution in [0.1, 0.15) is 31.7 Å². The molecule has 1 atom stereocenters. The number of nitrogens with two attached hydrogens (primary N) is 1. The van der Waals surface area contributed by atoms with Gasteiger partial charge in [-0.1, -0.05) is 18.2 Å². The first kappa shape index (κ1) is 20.8. The van der Waals surface area contributed by atoms with E-state index in [4.69, 9.17) is 19.9 Å². The van der Waals surface area contributed by atoms with Crippen LogP contribution in [-0.2, 0) is 23.8 Å². The first-order valence-corrected chi connectivity index (χ1v) is 8.55. The van der Waals surface area contributed by atoms with Crippen molar-refractivity contribution in [2.45, 2.75) is 32.3 Å². The quantitative estimate of drug-likeness (QED) is 0.739. The summed E-state index contributed by atoms with van der Waals surface area (Å²) in [5.41, 5.74) is 6.49. The van der Waals surface area contributed by atoms with Crippen LogP contribution in [0.3, 0.4) is 0 Å². The van der Waals surface area contributed by atoms with E-state index in [2.05, 4.69) is 4.74 Å². The van der Waals surface area contributed by atoms with Crippen LogP contribution < -0.4 is 10.5 Å². The summed E-state index contributed by atoms with van der Waals surface area (Å²) in [5, 5.41) is 9.68. The number of esters is 2. The van der Waals surface area contributed by atoms with Crippen molar-refractivity contribution in [3.63, 3.8) is 0 Å². The Morgan fingerprint density at radius 3 is 2.50 bits per heavy atom. The predicted molar refractivity (Wildman–Crippen MR) is 98.5 cm³/mol. The zero-order valence-electron chi connectivity index (χ0n) is 16.1. The molecule has 2 rings (SSSR count). The highest BCUT2D eigenvalue weighted by molar-refractivity contribution is 5.93. The van der Waals surface area contributed by atoms with Gasteiger partial charge in [-0.25, -0.2) is 4.79 Å². The Balaban J connectivity index is 2.74. The highest BCUT2D eigenvalue weighted by Gasteiger charge is 2.39. The lowest BCUT2D eigenvalue weighted by molar-refractivity contribution is -0.140. The Morgan fingerprint density at radius 2 is 1.93 bits per heavy atom. The van der Waals surface area contributed by atoms with Gasteiger partial charge in [0.25, 0.3) is 0 Å². The number of carbonyl (C=O) groups excluding carboxylic acids is 2. The Hall–Kier alpha value is -3.47. The van der Waals surface area contributed by atoms with Crippen molar-refractivity contribution in [3.05, 3.63) is 52.6 Å². The van der Waals surface area contributed by atoms with E-state index >= 15 is 0 Å². The third-order valence-electron chi connectivity index (χ3n) is 4.03. The number of nitriles is 1. The topological polar surface area (TPSA) is 121 Å². The molecule has 0 radical (unpaired) electrons. The molecule has 0 fully saturated rings. The van der Waals surface area contributed by atoms with Crippen LogP contribution in [0.25, 0.3) is 0 Å². The number of ether oxygens (including phenoxy) is 4. The number of rotatable bonds is 6. The largest absolute Gasteiger partial charge is 0.491 e. The normalized spacial score (nSPS) is 16.4. The molecule has 1 aromatic rings. The molecule has 1 unspecified atom stereocenters. The summed E-state index contributed by atoms with van der Waals surface area (Å²) in [4.78, 5) is 24.4. The van der Waals surface area contributed by atoms with Gasteiger partial charge < -0.3 is 24.7 Å². The molecule has 0 saturated carbocycles. The van der Waals surface area contributed by atoms with E-state index in [1.54, 1.807) is 24.3 Å². The molecule has 0 saturated heterocycles. The van der Waals surface area contributed by atoms with Gasteiger partial charge >= 0.3 is 11.9 Å². The number of hydrogen-bond acceptors (Lipinski definition) is 8. The molecule has 1 heterocycles. The van der Waals surface area contributed by atoms with Crippen LogP contribution in [0, 0.1) is 11.3 Å². The molecule has 0 aromatic heterocycles. The van der Waals surface area contributed by atoms with Gasteiger partial charge in [0.2, 0.25) is 5.88 Å². The maximum atomic E-state index is 12.6. The highest BCUT2D eigenvalue weighted by atomic mass is 16.5. The first-order valence-electron chi connectivity index (χ1n) is 8.55. The van der Waals surface area contributed by atoms with Crippen molar-refractivity contribution in [2.75, 3.05) is 14.2 Å². The molecule has 8 heteroatoms. The molecule has 0 bridgehead atoms.